The molecule has 0 amide bonds. The molecule has 30 heavy (non-hydrogen) atoms. The number of hydrogen-bond acceptors (Lipinski definition) is 2. The van der Waals surface area contributed by atoms with Crippen LogP contribution in [0.15, 0.2) is 97.5 Å². The Morgan fingerprint density at radius 2 is 1.40 bits per heavy atom. The number of aromatic nitrogens is 4. The highest BCUT2D eigenvalue weighted by molar-refractivity contribution is 6.18. The monoisotopic (exact) mass is 384 g/mol. The Morgan fingerprint density at radius 3 is 2.33 bits per heavy atom. The van der Waals surface area contributed by atoms with E-state index >= 15 is 0 Å². The van der Waals surface area contributed by atoms with E-state index in [1.165, 1.54) is 21.8 Å². The molecule has 0 saturated carbocycles. The average Bonchev–Trinajstić information content (AvgIpc) is 3.42. The Hall–Kier alpha value is -4.18. The molecule has 0 spiro atoms. The number of nitrogens with zero attached hydrogens (tertiary/aromatic N) is 4. The molecule has 4 aromatic heterocycles. The number of fused-ring (bicyclic) bond motifs is 9. The van der Waals surface area contributed by atoms with Gasteiger partial charge in [0.1, 0.15) is 5.65 Å². The lowest BCUT2D eigenvalue weighted by Gasteiger charge is -2.10. The predicted molar refractivity (Wildman–Crippen MR) is 122 cm³/mol. The fourth-order valence-electron chi connectivity index (χ4n) is 4.75. The zero-order valence-corrected chi connectivity index (χ0v) is 16.0. The van der Waals surface area contributed by atoms with Gasteiger partial charge in [-0.2, -0.15) is 0 Å². The van der Waals surface area contributed by atoms with Gasteiger partial charge in [-0.3, -0.25) is 9.38 Å². The van der Waals surface area contributed by atoms with Crippen LogP contribution < -0.4 is 0 Å². The van der Waals surface area contributed by atoms with Gasteiger partial charge in [-0.05, 0) is 42.5 Å². The number of pyridine rings is 2. The molecule has 0 unspecified atom stereocenters. The second-order valence-corrected chi connectivity index (χ2v) is 7.60. The second kappa shape index (κ2) is 5.67. The summed E-state index contributed by atoms with van der Waals surface area (Å²) in [7, 11) is 0. The number of imidazole rings is 1. The Morgan fingerprint density at radius 1 is 0.567 bits per heavy atom. The standard InChI is InChI=1S/C26H16N4/c1-2-7-17(8-3-1)30-22-11-5-4-9-18(22)20-15-21-23(16-24(20)30)29-14-13-28-26(29)19-10-6-12-27-25(19)21/h1-16H. The van der Waals surface area contributed by atoms with Gasteiger partial charge in [-0.15, -0.1) is 0 Å². The van der Waals surface area contributed by atoms with Gasteiger partial charge < -0.3 is 4.57 Å². The van der Waals surface area contributed by atoms with Crippen molar-refractivity contribution in [3.63, 3.8) is 0 Å². The smallest absolute Gasteiger partial charge is 0.146 e. The van der Waals surface area contributed by atoms with Crippen LogP contribution in [-0.2, 0) is 0 Å². The Labute approximate surface area is 171 Å². The number of rotatable bonds is 1. The van der Waals surface area contributed by atoms with Gasteiger partial charge in [0.15, 0.2) is 0 Å². The van der Waals surface area contributed by atoms with Crippen LogP contribution in [0.25, 0.3) is 54.9 Å². The maximum Gasteiger partial charge on any atom is 0.146 e. The normalized spacial score (nSPS) is 12.0. The van der Waals surface area contributed by atoms with Crippen molar-refractivity contribution in [2.45, 2.75) is 0 Å². The van der Waals surface area contributed by atoms with E-state index in [9.17, 15) is 0 Å². The van der Waals surface area contributed by atoms with Gasteiger partial charge in [-0.25, -0.2) is 4.98 Å². The Kier molecular flexibility index (Phi) is 2.97. The molecule has 0 aliphatic carbocycles. The van der Waals surface area contributed by atoms with E-state index in [-0.39, 0.29) is 0 Å². The van der Waals surface area contributed by atoms with Crippen molar-refractivity contribution >= 4 is 49.3 Å². The van der Waals surface area contributed by atoms with Crippen molar-refractivity contribution in [3.05, 3.63) is 97.5 Å². The molecule has 140 valence electrons. The molecule has 0 aliphatic heterocycles. The average molecular weight is 384 g/mol. The lowest BCUT2D eigenvalue weighted by Crippen LogP contribution is -1.95. The SMILES string of the molecule is c1ccc(-n2c3ccccc3c3cc4c5ncccc5c5nccn5c4cc32)cc1. The molecule has 4 heterocycles. The molecule has 4 nitrogen and oxygen atoms in total. The van der Waals surface area contributed by atoms with E-state index in [2.05, 4.69) is 86.7 Å². The third-order valence-electron chi connectivity index (χ3n) is 6.01. The van der Waals surface area contributed by atoms with Crippen LogP contribution in [0.1, 0.15) is 0 Å². The summed E-state index contributed by atoms with van der Waals surface area (Å²) >= 11 is 0. The van der Waals surface area contributed by atoms with Crippen LogP contribution in [0.3, 0.4) is 0 Å². The summed E-state index contributed by atoms with van der Waals surface area (Å²) in [6.45, 7) is 0. The van der Waals surface area contributed by atoms with Crippen LogP contribution in [0.4, 0.5) is 0 Å². The van der Waals surface area contributed by atoms with Crippen LogP contribution in [0.5, 0.6) is 0 Å². The minimum Gasteiger partial charge on any atom is -0.309 e. The summed E-state index contributed by atoms with van der Waals surface area (Å²) in [6.07, 6.45) is 5.75. The molecule has 7 aromatic rings. The van der Waals surface area contributed by atoms with E-state index in [0.29, 0.717) is 0 Å². The van der Waals surface area contributed by atoms with E-state index in [0.717, 1.165) is 33.1 Å². The summed E-state index contributed by atoms with van der Waals surface area (Å²) in [4.78, 5) is 9.35. The first kappa shape index (κ1) is 15.7. The minimum absolute atomic E-state index is 0.937. The van der Waals surface area contributed by atoms with Crippen molar-refractivity contribution < 1.29 is 0 Å². The van der Waals surface area contributed by atoms with Gasteiger partial charge in [0.25, 0.3) is 0 Å². The van der Waals surface area contributed by atoms with Crippen molar-refractivity contribution in [2.75, 3.05) is 0 Å². The van der Waals surface area contributed by atoms with E-state index in [1.54, 1.807) is 0 Å². The molecular weight excluding hydrogens is 368 g/mol. The van der Waals surface area contributed by atoms with Gasteiger partial charge in [0.2, 0.25) is 0 Å². The largest absolute Gasteiger partial charge is 0.309 e. The highest BCUT2D eigenvalue weighted by atomic mass is 15.0. The van der Waals surface area contributed by atoms with Gasteiger partial charge >= 0.3 is 0 Å². The first-order chi connectivity index (χ1) is 14.9. The van der Waals surface area contributed by atoms with Gasteiger partial charge in [0, 0.05) is 45.8 Å². The molecule has 0 radical (unpaired) electrons. The summed E-state index contributed by atoms with van der Waals surface area (Å²) in [5.74, 6) is 0. The summed E-state index contributed by atoms with van der Waals surface area (Å²) in [5, 5.41) is 4.68. The Balaban J connectivity index is 1.77. The predicted octanol–water partition coefficient (Wildman–Crippen LogP) is 6.13. The zero-order chi connectivity index (χ0) is 19.7. The van der Waals surface area contributed by atoms with E-state index in [1.807, 2.05) is 24.7 Å². The lowest BCUT2D eigenvalue weighted by molar-refractivity contribution is 1.18. The maximum atomic E-state index is 4.73. The highest BCUT2D eigenvalue weighted by Crippen LogP contribution is 2.37. The highest BCUT2D eigenvalue weighted by Gasteiger charge is 2.16. The van der Waals surface area contributed by atoms with Crippen molar-refractivity contribution in [2.24, 2.45) is 0 Å². The fraction of sp³-hybridized carbons (Fsp3) is 0. The second-order valence-electron chi connectivity index (χ2n) is 7.60. The van der Waals surface area contributed by atoms with Crippen LogP contribution in [0, 0.1) is 0 Å². The van der Waals surface area contributed by atoms with Crippen LogP contribution in [0.2, 0.25) is 0 Å². The van der Waals surface area contributed by atoms with Gasteiger partial charge in [-0.1, -0.05) is 36.4 Å². The molecule has 0 fully saturated rings. The topological polar surface area (TPSA) is 35.1 Å². The summed E-state index contributed by atoms with van der Waals surface area (Å²) < 4.78 is 4.52. The first-order valence-electron chi connectivity index (χ1n) is 10.0. The molecule has 3 aromatic carbocycles. The number of benzene rings is 3. The molecule has 7 rings (SSSR count). The summed E-state index contributed by atoms with van der Waals surface area (Å²) in [5.41, 5.74) is 6.58. The zero-order valence-electron chi connectivity index (χ0n) is 16.0. The molecule has 0 aliphatic rings. The molecule has 0 saturated heterocycles. The van der Waals surface area contributed by atoms with Crippen LogP contribution >= 0.6 is 0 Å². The third-order valence-corrected chi connectivity index (χ3v) is 6.01. The minimum atomic E-state index is 0.937. The maximum absolute atomic E-state index is 4.73. The summed E-state index contributed by atoms with van der Waals surface area (Å²) in [6, 6.07) is 27.8. The van der Waals surface area contributed by atoms with Crippen molar-refractivity contribution in [1.29, 1.82) is 0 Å². The van der Waals surface area contributed by atoms with Gasteiger partial charge in [0.05, 0.1) is 22.1 Å². The molecule has 0 bridgehead atoms. The molecule has 0 atom stereocenters. The fourth-order valence-corrected chi connectivity index (χ4v) is 4.75. The van der Waals surface area contributed by atoms with Crippen molar-refractivity contribution in [3.8, 4) is 5.69 Å². The lowest BCUT2D eigenvalue weighted by atomic mass is 10.1. The molecule has 0 N–H and O–H groups in total. The van der Waals surface area contributed by atoms with E-state index < -0.39 is 0 Å². The van der Waals surface area contributed by atoms with E-state index in [4.69, 9.17) is 4.98 Å². The number of hydrogen-bond donors (Lipinski definition) is 0. The Bertz CT molecular complexity index is 1740. The molecular formula is C26H16N4. The number of para-hydroxylation sites is 2. The van der Waals surface area contributed by atoms with Crippen LogP contribution in [-0.4, -0.2) is 18.9 Å². The quantitative estimate of drug-likeness (QED) is 0.319. The first-order valence-corrected chi connectivity index (χ1v) is 10.0. The molecule has 4 heteroatoms. The van der Waals surface area contributed by atoms with Crippen molar-refractivity contribution in [1.82, 2.24) is 18.9 Å². The third kappa shape index (κ3) is 1.95.